The van der Waals surface area contributed by atoms with Crippen LogP contribution in [0, 0.1) is 0 Å². The maximum atomic E-state index is 11.9. The van der Waals surface area contributed by atoms with E-state index in [9.17, 15) is 9.59 Å². The number of rotatable bonds is 5. The number of ketones is 1. The minimum absolute atomic E-state index is 0.238. The first-order valence-electron chi connectivity index (χ1n) is 4.73. The molecule has 1 unspecified atom stereocenters. The van der Waals surface area contributed by atoms with Crippen molar-refractivity contribution >= 4 is 23.4 Å². The summed E-state index contributed by atoms with van der Waals surface area (Å²) in [7, 11) is 1.56. The summed E-state index contributed by atoms with van der Waals surface area (Å²) < 4.78 is 0. The smallest absolute Gasteiger partial charge is 0.305 e. The van der Waals surface area contributed by atoms with Gasteiger partial charge in [-0.15, -0.1) is 0 Å². The fraction of sp³-hybridized carbons (Fsp3) is 0.273. The van der Waals surface area contributed by atoms with Gasteiger partial charge in [-0.2, -0.15) is 0 Å². The molecular formula is C11H12ClNO3. The van der Waals surface area contributed by atoms with Gasteiger partial charge in [0, 0.05) is 10.6 Å². The molecule has 0 heterocycles. The number of carboxylic acids is 1. The van der Waals surface area contributed by atoms with E-state index in [-0.39, 0.29) is 12.2 Å². The van der Waals surface area contributed by atoms with Gasteiger partial charge in [-0.1, -0.05) is 11.6 Å². The molecule has 4 nitrogen and oxygen atoms in total. The molecule has 0 aliphatic rings. The first-order chi connectivity index (χ1) is 7.54. The molecule has 5 heteroatoms. The van der Waals surface area contributed by atoms with E-state index in [0.29, 0.717) is 10.6 Å². The van der Waals surface area contributed by atoms with Gasteiger partial charge in [0.2, 0.25) is 0 Å². The van der Waals surface area contributed by atoms with E-state index in [4.69, 9.17) is 16.7 Å². The number of likely N-dealkylation sites (N-methyl/N-ethyl adjacent to an activating group) is 1. The number of hydrogen-bond donors (Lipinski definition) is 2. The van der Waals surface area contributed by atoms with Gasteiger partial charge in [-0.3, -0.25) is 9.59 Å². The van der Waals surface area contributed by atoms with Crippen LogP contribution in [0.1, 0.15) is 16.8 Å². The number of aliphatic carboxylic acids is 1. The van der Waals surface area contributed by atoms with Gasteiger partial charge in [0.1, 0.15) is 0 Å². The van der Waals surface area contributed by atoms with Gasteiger partial charge in [0.05, 0.1) is 12.5 Å². The molecule has 0 aliphatic heterocycles. The Morgan fingerprint density at radius 2 is 1.94 bits per heavy atom. The maximum Gasteiger partial charge on any atom is 0.305 e. The number of nitrogens with one attached hydrogen (secondary N) is 1. The molecule has 0 spiro atoms. The van der Waals surface area contributed by atoms with Crippen LogP contribution in [0.3, 0.4) is 0 Å². The molecule has 16 heavy (non-hydrogen) atoms. The van der Waals surface area contributed by atoms with Gasteiger partial charge in [0.25, 0.3) is 0 Å². The van der Waals surface area contributed by atoms with Crippen LogP contribution < -0.4 is 5.32 Å². The number of Topliss-reactive ketones (excluding diaryl/α,β-unsaturated/α-hetero) is 1. The largest absolute Gasteiger partial charge is 0.481 e. The van der Waals surface area contributed by atoms with Gasteiger partial charge >= 0.3 is 5.97 Å². The summed E-state index contributed by atoms with van der Waals surface area (Å²) >= 11 is 5.69. The Morgan fingerprint density at radius 3 is 2.38 bits per heavy atom. The molecule has 0 radical (unpaired) electrons. The Morgan fingerprint density at radius 1 is 1.38 bits per heavy atom. The van der Waals surface area contributed by atoms with Crippen molar-refractivity contribution in [2.24, 2.45) is 0 Å². The number of carbonyl (C=O) groups is 2. The molecule has 1 rings (SSSR count). The van der Waals surface area contributed by atoms with Crippen LogP contribution in [0.4, 0.5) is 0 Å². The second-order valence-corrected chi connectivity index (χ2v) is 3.75. The summed E-state index contributed by atoms with van der Waals surface area (Å²) in [6.45, 7) is 0. The van der Waals surface area contributed by atoms with Crippen molar-refractivity contribution in [3.8, 4) is 0 Å². The molecule has 0 bridgehead atoms. The van der Waals surface area contributed by atoms with Crippen molar-refractivity contribution < 1.29 is 14.7 Å². The minimum Gasteiger partial charge on any atom is -0.481 e. The average Bonchev–Trinajstić information content (AvgIpc) is 2.25. The standard InChI is InChI=1S/C11H12ClNO3/c1-13-9(6-10(14)15)11(16)7-2-4-8(12)5-3-7/h2-5,9,13H,6H2,1H3,(H,14,15). The van der Waals surface area contributed by atoms with E-state index in [0.717, 1.165) is 0 Å². The monoisotopic (exact) mass is 241 g/mol. The Kier molecular flexibility index (Phi) is 4.46. The third kappa shape index (κ3) is 3.32. The zero-order chi connectivity index (χ0) is 12.1. The van der Waals surface area contributed by atoms with E-state index < -0.39 is 12.0 Å². The molecule has 86 valence electrons. The Balaban J connectivity index is 2.82. The van der Waals surface area contributed by atoms with E-state index in [1.165, 1.54) is 0 Å². The molecule has 1 aromatic carbocycles. The number of benzene rings is 1. The van der Waals surface area contributed by atoms with Gasteiger partial charge in [-0.05, 0) is 31.3 Å². The topological polar surface area (TPSA) is 66.4 Å². The lowest BCUT2D eigenvalue weighted by molar-refractivity contribution is -0.137. The van der Waals surface area contributed by atoms with E-state index >= 15 is 0 Å². The van der Waals surface area contributed by atoms with Crippen LogP contribution in [-0.4, -0.2) is 29.9 Å². The lowest BCUT2D eigenvalue weighted by Gasteiger charge is -2.12. The Labute approximate surface area is 98.2 Å². The first kappa shape index (κ1) is 12.7. The van der Waals surface area contributed by atoms with Crippen LogP contribution in [0.15, 0.2) is 24.3 Å². The highest BCUT2D eigenvalue weighted by atomic mass is 35.5. The highest BCUT2D eigenvalue weighted by Crippen LogP contribution is 2.12. The summed E-state index contributed by atoms with van der Waals surface area (Å²) in [5.41, 5.74) is 0.449. The molecule has 1 atom stereocenters. The van der Waals surface area contributed by atoms with Crippen LogP contribution in [-0.2, 0) is 4.79 Å². The third-order valence-corrected chi connectivity index (χ3v) is 2.42. The molecule has 0 aliphatic carbocycles. The summed E-state index contributed by atoms with van der Waals surface area (Å²) in [5.74, 6) is -1.26. The van der Waals surface area contributed by atoms with Gasteiger partial charge < -0.3 is 10.4 Å². The van der Waals surface area contributed by atoms with Crippen molar-refractivity contribution in [3.05, 3.63) is 34.9 Å². The van der Waals surface area contributed by atoms with Crippen molar-refractivity contribution in [2.45, 2.75) is 12.5 Å². The van der Waals surface area contributed by atoms with Gasteiger partial charge in [-0.25, -0.2) is 0 Å². The fourth-order valence-electron chi connectivity index (χ4n) is 1.32. The fourth-order valence-corrected chi connectivity index (χ4v) is 1.44. The van der Waals surface area contributed by atoms with E-state index in [1.807, 2.05) is 0 Å². The highest BCUT2D eigenvalue weighted by Gasteiger charge is 2.20. The normalized spacial score (nSPS) is 12.1. The summed E-state index contributed by atoms with van der Waals surface area (Å²) in [6.07, 6.45) is -0.238. The molecule has 1 aromatic rings. The number of halogens is 1. The van der Waals surface area contributed by atoms with Crippen molar-refractivity contribution in [1.29, 1.82) is 0 Å². The lowest BCUT2D eigenvalue weighted by atomic mass is 10.0. The Hall–Kier alpha value is -1.39. The van der Waals surface area contributed by atoms with Crippen molar-refractivity contribution in [2.75, 3.05) is 7.05 Å². The van der Waals surface area contributed by atoms with Crippen molar-refractivity contribution in [1.82, 2.24) is 5.32 Å². The maximum absolute atomic E-state index is 11.9. The lowest BCUT2D eigenvalue weighted by Crippen LogP contribution is -2.36. The van der Waals surface area contributed by atoms with Gasteiger partial charge in [0.15, 0.2) is 5.78 Å². The number of carbonyl (C=O) groups excluding carboxylic acids is 1. The number of hydrogen-bond acceptors (Lipinski definition) is 3. The average molecular weight is 242 g/mol. The van der Waals surface area contributed by atoms with Crippen LogP contribution in [0.5, 0.6) is 0 Å². The molecular weight excluding hydrogens is 230 g/mol. The zero-order valence-electron chi connectivity index (χ0n) is 8.74. The molecule has 0 fully saturated rings. The molecule has 2 N–H and O–H groups in total. The summed E-state index contributed by atoms with van der Waals surface area (Å²) in [6, 6.07) is 5.65. The second-order valence-electron chi connectivity index (χ2n) is 3.31. The van der Waals surface area contributed by atoms with Crippen LogP contribution >= 0.6 is 11.6 Å². The van der Waals surface area contributed by atoms with Crippen LogP contribution in [0.2, 0.25) is 5.02 Å². The van der Waals surface area contributed by atoms with E-state index in [1.54, 1.807) is 31.3 Å². The Bertz CT molecular complexity index is 389. The predicted molar refractivity (Wildman–Crippen MR) is 60.9 cm³/mol. The summed E-state index contributed by atoms with van der Waals surface area (Å²) in [5, 5.41) is 11.9. The molecule has 0 amide bonds. The highest BCUT2D eigenvalue weighted by molar-refractivity contribution is 6.30. The first-order valence-corrected chi connectivity index (χ1v) is 5.11. The summed E-state index contributed by atoms with van der Waals surface area (Å²) in [4.78, 5) is 22.4. The van der Waals surface area contributed by atoms with Crippen molar-refractivity contribution in [3.63, 3.8) is 0 Å². The SMILES string of the molecule is CNC(CC(=O)O)C(=O)c1ccc(Cl)cc1. The molecule has 0 aromatic heterocycles. The molecule has 0 saturated heterocycles. The molecule has 0 saturated carbocycles. The number of carboxylic acid groups (broad SMARTS) is 1. The quantitative estimate of drug-likeness (QED) is 0.769. The second kappa shape index (κ2) is 5.63. The third-order valence-electron chi connectivity index (χ3n) is 2.17. The predicted octanol–water partition coefficient (Wildman–Crippen LogP) is 1.59. The minimum atomic E-state index is -1.01. The van der Waals surface area contributed by atoms with Crippen LogP contribution in [0.25, 0.3) is 0 Å². The van der Waals surface area contributed by atoms with E-state index in [2.05, 4.69) is 5.32 Å². The zero-order valence-corrected chi connectivity index (χ0v) is 9.49.